The molecule has 0 spiro atoms. The van der Waals surface area contributed by atoms with Crippen LogP contribution in [0, 0.1) is 6.92 Å². The zero-order valence-electron chi connectivity index (χ0n) is 18.1. The van der Waals surface area contributed by atoms with E-state index in [1.807, 2.05) is 25.1 Å². The summed E-state index contributed by atoms with van der Waals surface area (Å²) in [5.41, 5.74) is 3.61. The van der Waals surface area contributed by atoms with Gasteiger partial charge in [-0.05, 0) is 68.7 Å². The van der Waals surface area contributed by atoms with Crippen LogP contribution in [0.5, 0.6) is 11.5 Å². The number of benzene rings is 2. The first-order chi connectivity index (χ1) is 15.5. The van der Waals surface area contributed by atoms with Gasteiger partial charge < -0.3 is 24.6 Å². The number of hydrogen-bond donors (Lipinski definition) is 1. The predicted molar refractivity (Wildman–Crippen MR) is 129 cm³/mol. The summed E-state index contributed by atoms with van der Waals surface area (Å²) in [7, 11) is 2.12. The smallest absolute Gasteiger partial charge is 0.262 e. The molecule has 0 unspecified atom stereocenters. The van der Waals surface area contributed by atoms with Crippen molar-refractivity contribution in [2.24, 2.45) is 0 Å². The Kier molecular flexibility index (Phi) is 6.77. The Morgan fingerprint density at radius 3 is 2.53 bits per heavy atom. The van der Waals surface area contributed by atoms with Crippen LogP contribution in [0.3, 0.4) is 0 Å². The van der Waals surface area contributed by atoms with E-state index in [9.17, 15) is 4.79 Å². The van der Waals surface area contributed by atoms with E-state index in [0.717, 1.165) is 48.7 Å². The monoisotopic (exact) mass is 451 g/mol. The highest BCUT2D eigenvalue weighted by Gasteiger charge is 2.18. The summed E-state index contributed by atoms with van der Waals surface area (Å²) in [6.45, 7) is 5.69. The molecule has 1 amide bonds. The van der Waals surface area contributed by atoms with Crippen LogP contribution < -0.4 is 19.7 Å². The van der Waals surface area contributed by atoms with Crippen LogP contribution in [-0.2, 0) is 4.79 Å². The normalized spacial score (nSPS) is 14.2. The maximum atomic E-state index is 12.3. The van der Waals surface area contributed by atoms with Crippen molar-refractivity contribution in [1.82, 2.24) is 14.9 Å². The highest BCUT2D eigenvalue weighted by atomic mass is 32.1. The van der Waals surface area contributed by atoms with Crippen molar-refractivity contribution in [1.29, 1.82) is 0 Å². The molecule has 0 saturated carbocycles. The van der Waals surface area contributed by atoms with E-state index >= 15 is 0 Å². The fourth-order valence-corrected chi connectivity index (χ4v) is 3.62. The average molecular weight is 452 g/mol. The van der Waals surface area contributed by atoms with Crippen molar-refractivity contribution in [2.75, 3.05) is 50.1 Å². The van der Waals surface area contributed by atoms with Gasteiger partial charge in [-0.2, -0.15) is 0 Å². The summed E-state index contributed by atoms with van der Waals surface area (Å²) < 4.78 is 10.6. The fourth-order valence-electron chi connectivity index (χ4n) is 3.51. The molecule has 2 heterocycles. The lowest BCUT2D eigenvalue weighted by Crippen LogP contribution is -2.45. The number of nitrogens with zero attached hydrogens (tertiary/aromatic N) is 4. The Balaban J connectivity index is 1.39. The molecule has 1 N–H and O–H groups in total. The number of thiocarbonyl (C=S) groups is 1. The second-order valence-electron chi connectivity index (χ2n) is 7.65. The van der Waals surface area contributed by atoms with Crippen LogP contribution in [0.15, 0.2) is 42.5 Å². The van der Waals surface area contributed by atoms with Crippen LogP contribution in [0.2, 0.25) is 0 Å². The van der Waals surface area contributed by atoms with E-state index in [1.54, 1.807) is 24.3 Å². The first-order valence-electron chi connectivity index (χ1n) is 10.4. The van der Waals surface area contributed by atoms with Gasteiger partial charge in [-0.3, -0.25) is 4.79 Å². The van der Waals surface area contributed by atoms with Crippen molar-refractivity contribution in [3.05, 3.63) is 48.2 Å². The minimum Gasteiger partial charge on any atom is -0.484 e. The molecule has 1 aliphatic heterocycles. The van der Waals surface area contributed by atoms with E-state index in [0.29, 0.717) is 17.2 Å². The first kappa shape index (κ1) is 21.9. The van der Waals surface area contributed by atoms with E-state index in [1.165, 1.54) is 5.55 Å². The quantitative estimate of drug-likeness (QED) is 0.549. The Hall–Kier alpha value is -3.30. The second-order valence-corrected chi connectivity index (χ2v) is 7.85. The van der Waals surface area contributed by atoms with Crippen molar-refractivity contribution >= 4 is 46.2 Å². The number of carbonyl (C=O) groups excluding carboxylic acids is 1. The van der Waals surface area contributed by atoms with Crippen molar-refractivity contribution in [3.63, 3.8) is 0 Å². The number of fused-ring (bicyclic) bond motifs is 1. The van der Waals surface area contributed by atoms with Gasteiger partial charge in [0, 0.05) is 37.3 Å². The Morgan fingerprint density at radius 1 is 1.09 bits per heavy atom. The number of aromatic nitrogens is 2. The van der Waals surface area contributed by atoms with Crippen LogP contribution in [0.4, 0.5) is 11.6 Å². The number of amides is 1. The van der Waals surface area contributed by atoms with Gasteiger partial charge >= 0.3 is 0 Å². The van der Waals surface area contributed by atoms with E-state index in [2.05, 4.69) is 34.4 Å². The summed E-state index contributed by atoms with van der Waals surface area (Å²) in [5, 5.41) is 3.78. The molecule has 2 aromatic carbocycles. The van der Waals surface area contributed by atoms with Gasteiger partial charge in [0.2, 0.25) is 5.95 Å². The molecule has 9 heteroatoms. The molecule has 166 valence electrons. The van der Waals surface area contributed by atoms with Crippen LogP contribution in [0.25, 0.3) is 10.9 Å². The van der Waals surface area contributed by atoms with Gasteiger partial charge in [-0.15, -0.1) is 0 Å². The zero-order valence-corrected chi connectivity index (χ0v) is 18.9. The van der Waals surface area contributed by atoms with Gasteiger partial charge in [0.05, 0.1) is 11.2 Å². The third kappa shape index (κ3) is 5.30. The fraction of sp³-hybridized carbons (Fsp3) is 0.304. The van der Waals surface area contributed by atoms with Crippen molar-refractivity contribution in [2.45, 2.75) is 6.92 Å². The van der Waals surface area contributed by atoms with Crippen LogP contribution in [-0.4, -0.2) is 66.2 Å². The lowest BCUT2D eigenvalue weighted by Gasteiger charge is -2.32. The summed E-state index contributed by atoms with van der Waals surface area (Å²) >= 11 is 4.65. The number of nitrogens with one attached hydrogen (secondary N) is 1. The van der Waals surface area contributed by atoms with E-state index in [4.69, 9.17) is 19.4 Å². The SMILES string of the molecule is Cc1nc(N2CCN(C)CC2)nc2ccc(NC(=O)COc3ccc(OC=S)cc3)cc12. The molecule has 1 saturated heterocycles. The average Bonchev–Trinajstić information content (AvgIpc) is 2.79. The number of hydrogen-bond acceptors (Lipinski definition) is 8. The molecule has 8 nitrogen and oxygen atoms in total. The summed E-state index contributed by atoms with van der Waals surface area (Å²) in [6.07, 6.45) is 0. The predicted octanol–water partition coefficient (Wildman–Crippen LogP) is 3.04. The lowest BCUT2D eigenvalue weighted by molar-refractivity contribution is -0.118. The molecule has 0 aliphatic carbocycles. The molecule has 3 aromatic rings. The maximum Gasteiger partial charge on any atom is 0.262 e. The largest absolute Gasteiger partial charge is 0.484 e. The summed E-state index contributed by atoms with van der Waals surface area (Å²) in [6, 6.07) is 12.5. The van der Waals surface area contributed by atoms with Crippen LogP contribution >= 0.6 is 12.2 Å². The molecular formula is C23H25N5O3S. The van der Waals surface area contributed by atoms with E-state index < -0.39 is 0 Å². The minimum atomic E-state index is -0.254. The number of anilines is 2. The summed E-state index contributed by atoms with van der Waals surface area (Å²) in [4.78, 5) is 26.3. The van der Waals surface area contributed by atoms with Gasteiger partial charge in [-0.25, -0.2) is 9.97 Å². The third-order valence-electron chi connectivity index (χ3n) is 5.32. The molecule has 0 bridgehead atoms. The van der Waals surface area contributed by atoms with Gasteiger partial charge in [0.15, 0.2) is 12.2 Å². The van der Waals surface area contributed by atoms with Crippen molar-refractivity contribution in [3.8, 4) is 11.5 Å². The van der Waals surface area contributed by atoms with Crippen molar-refractivity contribution < 1.29 is 14.3 Å². The number of ether oxygens (including phenoxy) is 2. The Bertz CT molecular complexity index is 1110. The maximum absolute atomic E-state index is 12.3. The third-order valence-corrected chi connectivity index (χ3v) is 5.42. The minimum absolute atomic E-state index is 0.108. The molecule has 32 heavy (non-hydrogen) atoms. The highest BCUT2D eigenvalue weighted by Crippen LogP contribution is 2.23. The van der Waals surface area contributed by atoms with Gasteiger partial charge in [0.25, 0.3) is 5.91 Å². The molecule has 1 aliphatic rings. The topological polar surface area (TPSA) is 79.8 Å². The van der Waals surface area contributed by atoms with Gasteiger partial charge in [-0.1, -0.05) is 0 Å². The second kappa shape index (κ2) is 9.88. The number of aryl methyl sites for hydroxylation is 1. The number of rotatable bonds is 7. The molecule has 0 atom stereocenters. The standard InChI is InChI=1S/C23H25N5O3S/c1-16-20-13-17(25-22(29)14-30-18-4-6-19(7-5-18)31-15-32)3-8-21(20)26-23(24-16)28-11-9-27(2)10-12-28/h3-8,13,15H,9-12,14H2,1-2H3,(H,25,29). The number of carbonyl (C=O) groups is 1. The summed E-state index contributed by atoms with van der Waals surface area (Å²) in [5.74, 6) is 1.68. The Morgan fingerprint density at radius 2 is 1.81 bits per heavy atom. The molecule has 1 fully saturated rings. The Labute approximate surface area is 192 Å². The highest BCUT2D eigenvalue weighted by molar-refractivity contribution is 7.78. The molecule has 0 radical (unpaired) electrons. The number of piperazine rings is 1. The molecule has 1 aromatic heterocycles. The van der Waals surface area contributed by atoms with Gasteiger partial charge in [0.1, 0.15) is 11.5 Å². The molecular weight excluding hydrogens is 426 g/mol. The lowest BCUT2D eigenvalue weighted by atomic mass is 10.1. The number of likely N-dealkylation sites (N-methyl/N-ethyl adjacent to an activating group) is 1. The van der Waals surface area contributed by atoms with E-state index in [-0.39, 0.29) is 12.5 Å². The molecule has 4 rings (SSSR count). The zero-order chi connectivity index (χ0) is 22.5. The first-order valence-corrected chi connectivity index (χ1v) is 10.8. The van der Waals surface area contributed by atoms with Crippen LogP contribution in [0.1, 0.15) is 5.69 Å².